The van der Waals surface area contributed by atoms with Gasteiger partial charge < -0.3 is 10.1 Å². The number of aromatic nitrogens is 2. The van der Waals surface area contributed by atoms with Gasteiger partial charge in [-0.05, 0) is 92.9 Å². The van der Waals surface area contributed by atoms with Gasteiger partial charge in [0, 0.05) is 18.5 Å². The number of piperidine rings is 1. The summed E-state index contributed by atoms with van der Waals surface area (Å²) in [6.07, 6.45) is 8.84. The van der Waals surface area contributed by atoms with Crippen molar-refractivity contribution in [2.24, 2.45) is 17.8 Å². The molecular weight excluding hydrogens is 504 g/mol. The molecule has 2 amide bonds. The summed E-state index contributed by atoms with van der Waals surface area (Å²) in [6, 6.07) is 13.1. The highest BCUT2D eigenvalue weighted by Crippen LogP contribution is 2.55. The number of carbonyl (C=O) groups is 2. The second-order valence-corrected chi connectivity index (χ2v) is 12.6. The van der Waals surface area contributed by atoms with E-state index in [1.54, 1.807) is 19.1 Å². The first-order valence-electron chi connectivity index (χ1n) is 14.7. The van der Waals surface area contributed by atoms with Crippen LogP contribution in [0.2, 0.25) is 0 Å². The average molecular weight is 541 g/mol. The Morgan fingerprint density at radius 3 is 2.33 bits per heavy atom. The van der Waals surface area contributed by atoms with Crippen molar-refractivity contribution in [2.45, 2.75) is 83.0 Å². The van der Waals surface area contributed by atoms with Gasteiger partial charge in [0.25, 0.3) is 5.56 Å². The van der Waals surface area contributed by atoms with Crippen LogP contribution >= 0.6 is 0 Å². The third kappa shape index (κ3) is 4.62. The van der Waals surface area contributed by atoms with Crippen LogP contribution in [0.5, 0.6) is 5.75 Å². The lowest BCUT2D eigenvalue weighted by atomic mass is 9.53. The van der Waals surface area contributed by atoms with Crippen LogP contribution in [0.1, 0.15) is 74.4 Å². The fourth-order valence-corrected chi connectivity index (χ4v) is 8.27. The topological polar surface area (TPSA) is 102 Å². The Balaban J connectivity index is 1.05. The molecular formula is C32H36N4O4. The largest absolute Gasteiger partial charge is 0.488 e. The molecule has 1 aliphatic heterocycles. The third-order valence-corrected chi connectivity index (χ3v) is 9.71. The van der Waals surface area contributed by atoms with Crippen LogP contribution in [-0.4, -0.2) is 26.9 Å². The van der Waals surface area contributed by atoms with Crippen LogP contribution in [0.4, 0.5) is 0 Å². The Labute approximate surface area is 233 Å². The lowest BCUT2D eigenvalue weighted by molar-refractivity contribution is -0.135. The smallest absolute Gasteiger partial charge is 0.265 e. The summed E-state index contributed by atoms with van der Waals surface area (Å²) in [6.45, 7) is 2.91. The minimum atomic E-state index is -0.769. The SMILES string of the molecule is Cc1nc2cccc(OCc3ccc(CNC45CC6CC(CC(C6)C4)C5)cc3)c2c(=O)n1C1CCC(=O)NC1=O. The zero-order chi connectivity index (χ0) is 27.4. The summed E-state index contributed by atoms with van der Waals surface area (Å²) in [5.74, 6) is 2.86. The number of rotatable bonds is 7. The zero-order valence-corrected chi connectivity index (χ0v) is 22.9. The Hall–Kier alpha value is -3.52. The molecule has 4 saturated carbocycles. The monoisotopic (exact) mass is 540 g/mol. The van der Waals surface area contributed by atoms with Crippen LogP contribution in [0.3, 0.4) is 0 Å². The molecule has 208 valence electrons. The molecule has 40 heavy (non-hydrogen) atoms. The first-order valence-corrected chi connectivity index (χ1v) is 14.7. The van der Waals surface area contributed by atoms with Gasteiger partial charge in [-0.15, -0.1) is 0 Å². The lowest BCUT2D eigenvalue weighted by Gasteiger charge is -2.57. The lowest BCUT2D eigenvalue weighted by Crippen LogP contribution is -2.58. The van der Waals surface area contributed by atoms with Gasteiger partial charge in [0.05, 0.1) is 5.52 Å². The Morgan fingerprint density at radius 2 is 1.65 bits per heavy atom. The van der Waals surface area contributed by atoms with E-state index in [0.29, 0.717) is 34.6 Å². The molecule has 2 heterocycles. The van der Waals surface area contributed by atoms with Crippen LogP contribution in [-0.2, 0) is 22.7 Å². The molecule has 5 aliphatic rings. The molecule has 8 rings (SSSR count). The highest BCUT2D eigenvalue weighted by molar-refractivity contribution is 5.99. The normalized spacial score (nSPS) is 29.1. The van der Waals surface area contributed by atoms with Crippen molar-refractivity contribution in [1.82, 2.24) is 20.2 Å². The minimum Gasteiger partial charge on any atom is -0.488 e. The third-order valence-electron chi connectivity index (χ3n) is 9.71. The summed E-state index contributed by atoms with van der Waals surface area (Å²) < 4.78 is 7.54. The van der Waals surface area contributed by atoms with Crippen LogP contribution < -0.4 is 20.9 Å². The number of hydrogen-bond donors (Lipinski definition) is 2. The number of benzene rings is 2. The maximum atomic E-state index is 13.6. The summed E-state index contributed by atoms with van der Waals surface area (Å²) in [5.41, 5.74) is 2.82. The van der Waals surface area contributed by atoms with Gasteiger partial charge in [0.1, 0.15) is 29.6 Å². The van der Waals surface area contributed by atoms with E-state index in [4.69, 9.17) is 4.74 Å². The van der Waals surface area contributed by atoms with E-state index in [2.05, 4.69) is 39.9 Å². The number of aryl methyl sites for hydroxylation is 1. The maximum Gasteiger partial charge on any atom is 0.265 e. The number of imide groups is 1. The highest BCUT2D eigenvalue weighted by Gasteiger charge is 2.50. The van der Waals surface area contributed by atoms with Gasteiger partial charge in [0.2, 0.25) is 11.8 Å². The van der Waals surface area contributed by atoms with Crippen molar-refractivity contribution in [2.75, 3.05) is 0 Å². The van der Waals surface area contributed by atoms with Gasteiger partial charge in [0.15, 0.2) is 0 Å². The van der Waals surface area contributed by atoms with E-state index >= 15 is 0 Å². The van der Waals surface area contributed by atoms with E-state index < -0.39 is 11.9 Å². The second-order valence-electron chi connectivity index (χ2n) is 12.6. The van der Waals surface area contributed by atoms with Crippen LogP contribution in [0, 0.1) is 24.7 Å². The molecule has 4 bridgehead atoms. The predicted octanol–water partition coefficient (Wildman–Crippen LogP) is 4.32. The maximum absolute atomic E-state index is 13.6. The molecule has 2 aromatic carbocycles. The van der Waals surface area contributed by atoms with E-state index in [9.17, 15) is 14.4 Å². The van der Waals surface area contributed by atoms with Crippen molar-refractivity contribution in [3.8, 4) is 5.75 Å². The molecule has 1 saturated heterocycles. The number of carbonyl (C=O) groups excluding carboxylic acids is 2. The number of nitrogens with zero attached hydrogens (tertiary/aromatic N) is 2. The molecule has 1 atom stereocenters. The molecule has 8 nitrogen and oxygen atoms in total. The molecule has 1 unspecified atom stereocenters. The summed E-state index contributed by atoms with van der Waals surface area (Å²) in [5, 5.41) is 6.65. The van der Waals surface area contributed by atoms with E-state index in [1.807, 2.05) is 6.07 Å². The molecule has 2 N–H and O–H groups in total. The van der Waals surface area contributed by atoms with Crippen molar-refractivity contribution >= 4 is 22.7 Å². The van der Waals surface area contributed by atoms with Gasteiger partial charge >= 0.3 is 0 Å². The molecule has 8 heteroatoms. The number of nitrogens with one attached hydrogen (secondary N) is 2. The van der Waals surface area contributed by atoms with E-state index in [1.165, 1.54) is 48.7 Å². The quantitative estimate of drug-likeness (QED) is 0.433. The average Bonchev–Trinajstić information content (AvgIpc) is 2.91. The predicted molar refractivity (Wildman–Crippen MR) is 151 cm³/mol. The van der Waals surface area contributed by atoms with Crippen LogP contribution in [0.15, 0.2) is 47.3 Å². The van der Waals surface area contributed by atoms with Crippen molar-refractivity contribution in [3.63, 3.8) is 0 Å². The fourth-order valence-electron chi connectivity index (χ4n) is 8.27. The van der Waals surface area contributed by atoms with Gasteiger partial charge in [-0.25, -0.2) is 4.98 Å². The first kappa shape index (κ1) is 25.4. The zero-order valence-electron chi connectivity index (χ0n) is 22.9. The summed E-state index contributed by atoms with van der Waals surface area (Å²) in [7, 11) is 0. The second kappa shape index (κ2) is 9.84. The molecule has 1 aromatic heterocycles. The standard InChI is InChI=1S/C32H36N4O4/c1-19-34-25-3-2-4-27(29(25)31(39)36(19)26-9-10-28(37)35-30(26)38)40-18-21-7-5-20(6-8-21)17-33-32-14-22-11-23(15-32)13-24(12-22)16-32/h2-8,22-24,26,33H,9-18H2,1H3,(H,35,37,38). The minimum absolute atomic E-state index is 0.187. The molecule has 4 aliphatic carbocycles. The van der Waals surface area contributed by atoms with Gasteiger partial charge in [-0.3, -0.25) is 24.3 Å². The Morgan fingerprint density at radius 1 is 0.975 bits per heavy atom. The van der Waals surface area contributed by atoms with Gasteiger partial charge in [-0.2, -0.15) is 0 Å². The number of amides is 2. The first-order chi connectivity index (χ1) is 19.4. The Bertz CT molecular complexity index is 1510. The number of ether oxygens (including phenoxy) is 1. The van der Waals surface area contributed by atoms with Crippen LogP contribution in [0.25, 0.3) is 10.9 Å². The number of fused-ring (bicyclic) bond motifs is 1. The van der Waals surface area contributed by atoms with Crippen molar-refractivity contribution in [3.05, 3.63) is 69.8 Å². The van der Waals surface area contributed by atoms with Gasteiger partial charge in [-0.1, -0.05) is 30.3 Å². The summed E-state index contributed by atoms with van der Waals surface area (Å²) >= 11 is 0. The van der Waals surface area contributed by atoms with Crippen molar-refractivity contribution < 1.29 is 14.3 Å². The Kier molecular flexibility index (Phi) is 6.26. The van der Waals surface area contributed by atoms with E-state index in [-0.39, 0.29) is 24.3 Å². The molecule has 0 spiro atoms. The number of hydrogen-bond acceptors (Lipinski definition) is 6. The van der Waals surface area contributed by atoms with Crippen molar-refractivity contribution in [1.29, 1.82) is 0 Å². The fraction of sp³-hybridized carbons (Fsp3) is 0.500. The molecule has 3 aromatic rings. The summed E-state index contributed by atoms with van der Waals surface area (Å²) in [4.78, 5) is 42.4. The van der Waals surface area contributed by atoms with E-state index in [0.717, 1.165) is 29.9 Å². The highest BCUT2D eigenvalue weighted by atomic mass is 16.5. The molecule has 5 fully saturated rings. The molecule has 0 radical (unpaired) electrons.